The molecule has 0 aliphatic heterocycles. The average Bonchev–Trinajstić information content (AvgIpc) is 2.28. The summed E-state index contributed by atoms with van der Waals surface area (Å²) in [5.74, 6) is 0.714. The number of nitrogens with one attached hydrogen (secondary N) is 1. The summed E-state index contributed by atoms with van der Waals surface area (Å²) in [6, 6.07) is 0. The number of hydrogen-bond acceptors (Lipinski definition) is 5. The van der Waals surface area contributed by atoms with Crippen LogP contribution in [0.15, 0.2) is 12.5 Å². The van der Waals surface area contributed by atoms with E-state index in [1.54, 1.807) is 6.20 Å². The molecule has 0 aliphatic carbocycles. The van der Waals surface area contributed by atoms with Crippen molar-refractivity contribution in [3.8, 4) is 0 Å². The molecule has 0 atom stereocenters. The molecule has 1 aromatic rings. The van der Waals surface area contributed by atoms with E-state index in [0.717, 1.165) is 19.5 Å². The van der Waals surface area contributed by atoms with Crippen molar-refractivity contribution in [3.63, 3.8) is 0 Å². The van der Waals surface area contributed by atoms with Crippen molar-refractivity contribution < 1.29 is 0 Å². The molecule has 1 heterocycles. The molecule has 0 saturated carbocycles. The van der Waals surface area contributed by atoms with Gasteiger partial charge in [0.05, 0.1) is 5.56 Å². The van der Waals surface area contributed by atoms with Crippen LogP contribution in [0, 0.1) is 5.41 Å². The van der Waals surface area contributed by atoms with Crippen molar-refractivity contribution in [2.75, 3.05) is 39.1 Å². The van der Waals surface area contributed by atoms with E-state index in [-0.39, 0.29) is 5.84 Å². The van der Waals surface area contributed by atoms with Crippen molar-refractivity contribution in [3.05, 3.63) is 18.1 Å². The number of nitrogen functional groups attached to an aromatic ring is 1. The molecular weight excluding hydrogens is 216 g/mol. The van der Waals surface area contributed by atoms with E-state index in [4.69, 9.17) is 11.1 Å². The molecule has 0 aromatic carbocycles. The van der Waals surface area contributed by atoms with Crippen LogP contribution >= 0.6 is 0 Å². The Kier molecular flexibility index (Phi) is 4.84. The summed E-state index contributed by atoms with van der Waals surface area (Å²) in [4.78, 5) is 12.2. The molecule has 3 N–H and O–H groups in total. The summed E-state index contributed by atoms with van der Waals surface area (Å²) in [5.41, 5.74) is 6.08. The Bertz CT molecular complexity index is 376. The lowest BCUT2D eigenvalue weighted by atomic mass is 10.2. The molecule has 0 radical (unpaired) electrons. The lowest BCUT2D eigenvalue weighted by molar-refractivity contribution is 0.401. The fraction of sp³-hybridized carbons (Fsp3) is 0.545. The van der Waals surface area contributed by atoms with Crippen LogP contribution in [0.5, 0.6) is 0 Å². The van der Waals surface area contributed by atoms with Crippen molar-refractivity contribution >= 4 is 11.7 Å². The van der Waals surface area contributed by atoms with Crippen LogP contribution in [0.2, 0.25) is 0 Å². The number of amidine groups is 1. The Morgan fingerprint density at radius 3 is 2.65 bits per heavy atom. The molecule has 0 fully saturated rings. The second-order valence-corrected chi connectivity index (χ2v) is 4.25. The molecule has 17 heavy (non-hydrogen) atoms. The van der Waals surface area contributed by atoms with Crippen molar-refractivity contribution in [1.82, 2.24) is 14.9 Å². The molecule has 6 nitrogen and oxygen atoms in total. The van der Waals surface area contributed by atoms with E-state index in [2.05, 4.69) is 14.9 Å². The van der Waals surface area contributed by atoms with E-state index in [9.17, 15) is 0 Å². The fourth-order valence-electron chi connectivity index (χ4n) is 1.55. The third-order valence-corrected chi connectivity index (χ3v) is 2.44. The standard InChI is InChI=1S/C11H20N6/c1-16(2)5-4-6-17(3)11-9(10(12)13)7-14-8-15-11/h7-8H,4-6H2,1-3H3,(H3,12,13). The molecular formula is C11H20N6. The summed E-state index contributed by atoms with van der Waals surface area (Å²) in [7, 11) is 6.04. The highest BCUT2D eigenvalue weighted by atomic mass is 15.2. The van der Waals surface area contributed by atoms with Crippen LogP contribution in [0.25, 0.3) is 0 Å². The number of aromatic nitrogens is 2. The third kappa shape index (κ3) is 3.99. The van der Waals surface area contributed by atoms with Crippen molar-refractivity contribution in [2.45, 2.75) is 6.42 Å². The van der Waals surface area contributed by atoms with Gasteiger partial charge in [0.1, 0.15) is 18.0 Å². The smallest absolute Gasteiger partial charge is 0.142 e. The highest BCUT2D eigenvalue weighted by molar-refractivity contribution is 5.99. The number of anilines is 1. The minimum Gasteiger partial charge on any atom is -0.384 e. The van der Waals surface area contributed by atoms with Crippen molar-refractivity contribution in [2.24, 2.45) is 5.73 Å². The maximum Gasteiger partial charge on any atom is 0.142 e. The van der Waals surface area contributed by atoms with Gasteiger partial charge in [-0.25, -0.2) is 9.97 Å². The lowest BCUT2D eigenvalue weighted by Gasteiger charge is -2.21. The number of hydrogen-bond donors (Lipinski definition) is 2. The topological polar surface area (TPSA) is 82.1 Å². The first-order valence-electron chi connectivity index (χ1n) is 5.52. The van der Waals surface area contributed by atoms with E-state index < -0.39 is 0 Å². The van der Waals surface area contributed by atoms with Gasteiger partial charge in [-0.15, -0.1) is 0 Å². The number of nitrogens with zero attached hydrogens (tertiary/aromatic N) is 4. The van der Waals surface area contributed by atoms with Crippen LogP contribution in [-0.4, -0.2) is 54.9 Å². The van der Waals surface area contributed by atoms with E-state index >= 15 is 0 Å². The molecule has 0 saturated heterocycles. The summed E-state index contributed by atoms with van der Waals surface area (Å²) >= 11 is 0. The Labute approximate surface area is 102 Å². The first-order chi connectivity index (χ1) is 8.02. The quantitative estimate of drug-likeness (QED) is 0.542. The minimum absolute atomic E-state index is 0.0000552. The Hall–Kier alpha value is -1.69. The highest BCUT2D eigenvalue weighted by Gasteiger charge is 2.10. The van der Waals surface area contributed by atoms with Gasteiger partial charge in [-0.2, -0.15) is 0 Å². The van der Waals surface area contributed by atoms with Crippen LogP contribution in [0.1, 0.15) is 12.0 Å². The molecule has 0 amide bonds. The molecule has 1 aromatic heterocycles. The Morgan fingerprint density at radius 2 is 2.06 bits per heavy atom. The average molecular weight is 236 g/mol. The third-order valence-electron chi connectivity index (χ3n) is 2.44. The zero-order chi connectivity index (χ0) is 12.8. The van der Waals surface area contributed by atoms with Crippen molar-refractivity contribution in [1.29, 1.82) is 5.41 Å². The second kappa shape index (κ2) is 6.15. The molecule has 94 valence electrons. The molecule has 1 rings (SSSR count). The zero-order valence-electron chi connectivity index (χ0n) is 10.6. The van der Waals surface area contributed by atoms with Gasteiger partial charge < -0.3 is 15.5 Å². The molecule has 0 unspecified atom stereocenters. The normalized spacial score (nSPS) is 10.6. The van der Waals surface area contributed by atoms with Gasteiger partial charge >= 0.3 is 0 Å². The van der Waals surface area contributed by atoms with E-state index in [0.29, 0.717) is 11.4 Å². The molecule has 0 spiro atoms. The largest absolute Gasteiger partial charge is 0.384 e. The van der Waals surface area contributed by atoms with E-state index in [1.807, 2.05) is 26.0 Å². The predicted molar refractivity (Wildman–Crippen MR) is 69.5 cm³/mol. The van der Waals surface area contributed by atoms with Gasteiger partial charge in [0.25, 0.3) is 0 Å². The molecule has 0 bridgehead atoms. The first kappa shape index (κ1) is 13.4. The van der Waals surface area contributed by atoms with Crippen LogP contribution in [-0.2, 0) is 0 Å². The van der Waals surface area contributed by atoms with Gasteiger partial charge in [-0.3, -0.25) is 5.41 Å². The Morgan fingerprint density at radius 1 is 1.35 bits per heavy atom. The monoisotopic (exact) mass is 236 g/mol. The summed E-state index contributed by atoms with van der Waals surface area (Å²) in [6.07, 6.45) is 4.09. The van der Waals surface area contributed by atoms with Gasteiger partial charge in [0, 0.05) is 19.8 Å². The number of rotatable bonds is 6. The molecule has 6 heteroatoms. The number of nitrogens with two attached hydrogens (primary N) is 1. The zero-order valence-corrected chi connectivity index (χ0v) is 10.6. The van der Waals surface area contributed by atoms with E-state index in [1.165, 1.54) is 6.33 Å². The maximum absolute atomic E-state index is 7.48. The highest BCUT2D eigenvalue weighted by Crippen LogP contribution is 2.13. The minimum atomic E-state index is 0.0000552. The summed E-state index contributed by atoms with van der Waals surface area (Å²) in [5, 5.41) is 7.48. The van der Waals surface area contributed by atoms with Gasteiger partial charge in [0.15, 0.2) is 0 Å². The van der Waals surface area contributed by atoms with Gasteiger partial charge in [-0.05, 0) is 27.1 Å². The Balaban J connectivity index is 2.68. The van der Waals surface area contributed by atoms with Crippen LogP contribution in [0.4, 0.5) is 5.82 Å². The summed E-state index contributed by atoms with van der Waals surface area (Å²) < 4.78 is 0. The summed E-state index contributed by atoms with van der Waals surface area (Å²) in [6.45, 7) is 1.89. The second-order valence-electron chi connectivity index (χ2n) is 4.25. The van der Waals surface area contributed by atoms with Crippen LogP contribution < -0.4 is 10.6 Å². The maximum atomic E-state index is 7.48. The fourth-order valence-corrected chi connectivity index (χ4v) is 1.55. The first-order valence-corrected chi connectivity index (χ1v) is 5.52. The van der Waals surface area contributed by atoms with Gasteiger partial charge in [0.2, 0.25) is 0 Å². The lowest BCUT2D eigenvalue weighted by Crippen LogP contribution is -2.27. The predicted octanol–water partition coefficient (Wildman–Crippen LogP) is 0.149. The SMILES string of the molecule is CN(C)CCCN(C)c1ncncc1C(=N)N. The van der Waals surface area contributed by atoms with Crippen LogP contribution in [0.3, 0.4) is 0 Å². The van der Waals surface area contributed by atoms with Gasteiger partial charge in [-0.1, -0.05) is 0 Å². The molecule has 0 aliphatic rings.